The first-order chi connectivity index (χ1) is 13.2. The quantitative estimate of drug-likeness (QED) is 0.441. The van der Waals surface area contributed by atoms with Crippen molar-refractivity contribution in [3.63, 3.8) is 0 Å². The molecule has 9 heteroatoms. The third kappa shape index (κ3) is 2.36. The van der Waals surface area contributed by atoms with Crippen LogP contribution in [0, 0.1) is 11.3 Å². The molecule has 0 radical (unpaired) electrons. The van der Waals surface area contributed by atoms with Gasteiger partial charge in [-0.2, -0.15) is 10.4 Å². The zero-order valence-electron chi connectivity index (χ0n) is 13.8. The van der Waals surface area contributed by atoms with E-state index in [4.69, 9.17) is 5.73 Å². The molecule has 0 saturated heterocycles. The van der Waals surface area contributed by atoms with E-state index in [1.165, 1.54) is 6.20 Å². The summed E-state index contributed by atoms with van der Waals surface area (Å²) in [6, 6.07) is 5.89. The number of nitrogens with two attached hydrogens (primary N) is 1. The fourth-order valence-corrected chi connectivity index (χ4v) is 2.99. The Morgan fingerprint density at radius 3 is 2.70 bits per heavy atom. The second-order valence-corrected chi connectivity index (χ2v) is 5.98. The fourth-order valence-electron chi connectivity index (χ4n) is 2.99. The highest BCUT2D eigenvalue weighted by atomic mass is 15.2. The van der Waals surface area contributed by atoms with Crippen LogP contribution < -0.4 is 5.73 Å². The number of nitrogen functional groups attached to an aromatic ring is 1. The fraction of sp³-hybridized carbons (Fsp3) is 0. The molecule has 0 aliphatic heterocycles. The normalized spacial score (nSPS) is 11.1. The van der Waals surface area contributed by atoms with Gasteiger partial charge in [0, 0.05) is 35.9 Å². The zero-order chi connectivity index (χ0) is 18.4. The maximum absolute atomic E-state index is 9.24. The van der Waals surface area contributed by atoms with Crippen molar-refractivity contribution in [3.05, 3.63) is 48.7 Å². The molecule has 0 fully saturated rings. The van der Waals surface area contributed by atoms with Gasteiger partial charge in [0.25, 0.3) is 0 Å². The Morgan fingerprint density at radius 1 is 1.00 bits per heavy atom. The van der Waals surface area contributed by atoms with Crippen LogP contribution in [0.15, 0.2) is 43.1 Å². The van der Waals surface area contributed by atoms with E-state index in [2.05, 4.69) is 41.2 Å². The molecule has 5 heterocycles. The monoisotopic (exact) mass is 353 g/mol. The molecule has 128 valence electrons. The lowest BCUT2D eigenvalue weighted by molar-refractivity contribution is 1.09. The van der Waals surface area contributed by atoms with Crippen molar-refractivity contribution in [3.8, 4) is 28.7 Å². The molecule has 0 amide bonds. The number of fused-ring (bicyclic) bond motifs is 2. The van der Waals surface area contributed by atoms with Crippen molar-refractivity contribution < 1.29 is 0 Å². The summed E-state index contributed by atoms with van der Waals surface area (Å²) in [7, 11) is 0. The minimum Gasteiger partial charge on any atom is -0.397 e. The van der Waals surface area contributed by atoms with Crippen molar-refractivity contribution >= 4 is 27.8 Å². The molecular formula is C18H11N9. The Labute approximate surface area is 151 Å². The lowest BCUT2D eigenvalue weighted by Crippen LogP contribution is -1.89. The predicted octanol–water partition coefficient (Wildman–Crippen LogP) is 2.41. The number of pyridine rings is 3. The summed E-state index contributed by atoms with van der Waals surface area (Å²) < 4.78 is 0. The molecule has 5 aromatic heterocycles. The van der Waals surface area contributed by atoms with E-state index in [0.29, 0.717) is 39.4 Å². The standard InChI is InChI=1S/C18H11N9/c19-3-11-5-22-8-14-15(11)25-18(24-14)16-13-2-10(6-23-17(13)27-26-16)9-1-12(20)7-21-4-9/h1-2,4-8H,20H2,(H,24,25)(H,23,26,27). The Morgan fingerprint density at radius 2 is 1.85 bits per heavy atom. The summed E-state index contributed by atoms with van der Waals surface area (Å²) in [6.45, 7) is 0. The number of imidazole rings is 1. The van der Waals surface area contributed by atoms with Gasteiger partial charge in [0.15, 0.2) is 11.5 Å². The van der Waals surface area contributed by atoms with Gasteiger partial charge in [0.05, 0.1) is 28.4 Å². The van der Waals surface area contributed by atoms with E-state index in [0.717, 1.165) is 16.5 Å². The predicted molar refractivity (Wildman–Crippen MR) is 99.1 cm³/mol. The maximum Gasteiger partial charge on any atom is 0.181 e. The summed E-state index contributed by atoms with van der Waals surface area (Å²) in [6.07, 6.45) is 8.16. The highest BCUT2D eigenvalue weighted by molar-refractivity contribution is 5.94. The first-order valence-corrected chi connectivity index (χ1v) is 8.02. The van der Waals surface area contributed by atoms with Crippen molar-refractivity contribution in [2.75, 3.05) is 5.73 Å². The molecule has 0 aliphatic carbocycles. The summed E-state index contributed by atoms with van der Waals surface area (Å²) in [5, 5.41) is 17.2. The SMILES string of the molecule is N#Cc1cncc2[nH]c(-c3[nH]nc4ncc(-c5cncc(N)c5)cc34)nc12. The van der Waals surface area contributed by atoms with Crippen molar-refractivity contribution in [2.24, 2.45) is 0 Å². The number of hydrogen-bond donors (Lipinski definition) is 3. The van der Waals surface area contributed by atoms with Gasteiger partial charge in [-0.05, 0) is 12.1 Å². The number of aromatic nitrogens is 7. The van der Waals surface area contributed by atoms with Gasteiger partial charge in [-0.25, -0.2) is 9.97 Å². The van der Waals surface area contributed by atoms with E-state index in [1.54, 1.807) is 24.8 Å². The summed E-state index contributed by atoms with van der Waals surface area (Å²) in [4.78, 5) is 20.3. The molecule has 5 rings (SSSR count). The van der Waals surface area contributed by atoms with Crippen LogP contribution in [0.25, 0.3) is 44.7 Å². The van der Waals surface area contributed by atoms with Crippen LogP contribution in [-0.4, -0.2) is 35.1 Å². The Balaban J connectivity index is 1.70. The Kier molecular flexibility index (Phi) is 3.11. The number of rotatable bonds is 2. The van der Waals surface area contributed by atoms with Gasteiger partial charge < -0.3 is 10.7 Å². The van der Waals surface area contributed by atoms with Crippen molar-refractivity contribution in [1.29, 1.82) is 5.26 Å². The highest BCUT2D eigenvalue weighted by Crippen LogP contribution is 2.29. The molecule has 5 aromatic rings. The zero-order valence-corrected chi connectivity index (χ0v) is 13.8. The second-order valence-electron chi connectivity index (χ2n) is 5.98. The van der Waals surface area contributed by atoms with Crippen LogP contribution in [0.2, 0.25) is 0 Å². The molecule has 4 N–H and O–H groups in total. The average Bonchev–Trinajstić information content (AvgIpc) is 3.30. The minimum atomic E-state index is 0.406. The lowest BCUT2D eigenvalue weighted by Gasteiger charge is -2.02. The Hall–Kier alpha value is -4.32. The highest BCUT2D eigenvalue weighted by Gasteiger charge is 2.15. The summed E-state index contributed by atoms with van der Waals surface area (Å²) in [5.41, 5.74) is 11.0. The van der Waals surface area contributed by atoms with Gasteiger partial charge >= 0.3 is 0 Å². The smallest absolute Gasteiger partial charge is 0.181 e. The van der Waals surface area contributed by atoms with E-state index in [1.807, 2.05) is 12.1 Å². The summed E-state index contributed by atoms with van der Waals surface area (Å²) >= 11 is 0. The number of nitrogens with zero attached hydrogens (tertiary/aromatic N) is 6. The third-order valence-corrected chi connectivity index (χ3v) is 4.25. The maximum atomic E-state index is 9.24. The first kappa shape index (κ1) is 15.0. The topological polar surface area (TPSA) is 146 Å². The molecule has 0 aromatic carbocycles. The van der Waals surface area contributed by atoms with Gasteiger partial charge in [-0.15, -0.1) is 0 Å². The molecular weight excluding hydrogens is 342 g/mol. The number of nitrogens with one attached hydrogen (secondary N) is 2. The molecule has 0 atom stereocenters. The van der Waals surface area contributed by atoms with Gasteiger partial charge in [0.1, 0.15) is 17.3 Å². The van der Waals surface area contributed by atoms with Crippen LogP contribution in [0.1, 0.15) is 5.56 Å². The summed E-state index contributed by atoms with van der Waals surface area (Å²) in [5.74, 6) is 0.557. The lowest BCUT2D eigenvalue weighted by atomic mass is 10.1. The van der Waals surface area contributed by atoms with E-state index < -0.39 is 0 Å². The van der Waals surface area contributed by atoms with Crippen molar-refractivity contribution in [1.82, 2.24) is 35.1 Å². The third-order valence-electron chi connectivity index (χ3n) is 4.25. The van der Waals surface area contributed by atoms with Gasteiger partial charge in [-0.1, -0.05) is 0 Å². The van der Waals surface area contributed by atoms with Crippen LogP contribution >= 0.6 is 0 Å². The minimum absolute atomic E-state index is 0.406. The van der Waals surface area contributed by atoms with Gasteiger partial charge in [-0.3, -0.25) is 15.1 Å². The number of hydrogen-bond acceptors (Lipinski definition) is 7. The van der Waals surface area contributed by atoms with Crippen LogP contribution in [0.5, 0.6) is 0 Å². The second kappa shape index (κ2) is 5.60. The van der Waals surface area contributed by atoms with E-state index in [-0.39, 0.29) is 0 Å². The average molecular weight is 353 g/mol. The molecule has 0 saturated carbocycles. The largest absolute Gasteiger partial charge is 0.397 e. The number of H-pyrrole nitrogens is 2. The van der Waals surface area contributed by atoms with Crippen LogP contribution in [0.3, 0.4) is 0 Å². The van der Waals surface area contributed by atoms with E-state index >= 15 is 0 Å². The number of nitriles is 1. The molecule has 0 spiro atoms. The van der Waals surface area contributed by atoms with Crippen molar-refractivity contribution in [2.45, 2.75) is 0 Å². The number of anilines is 1. The molecule has 0 unspecified atom stereocenters. The molecule has 0 aliphatic rings. The van der Waals surface area contributed by atoms with E-state index in [9.17, 15) is 5.26 Å². The molecule has 0 bridgehead atoms. The number of aromatic amines is 2. The molecule has 27 heavy (non-hydrogen) atoms. The Bertz CT molecular complexity index is 1360. The van der Waals surface area contributed by atoms with Gasteiger partial charge in [0.2, 0.25) is 0 Å². The van der Waals surface area contributed by atoms with Crippen LogP contribution in [-0.2, 0) is 0 Å². The van der Waals surface area contributed by atoms with Crippen LogP contribution in [0.4, 0.5) is 5.69 Å². The first-order valence-electron chi connectivity index (χ1n) is 8.02. The molecule has 9 nitrogen and oxygen atoms in total.